The average molecular weight is 256 g/mol. The normalized spacial score (nSPS) is 17.8. The van der Waals surface area contributed by atoms with Crippen LogP contribution in [0.5, 0.6) is 0 Å². The molecular weight excluding hydrogens is 244 g/mol. The molecule has 7 nitrogen and oxygen atoms in total. The fourth-order valence-corrected chi connectivity index (χ4v) is 2.98. The minimum absolute atomic E-state index is 0.0553. The molecule has 0 aromatic carbocycles. The number of nitrogens with one attached hydrogen (secondary N) is 1. The van der Waals surface area contributed by atoms with Crippen LogP contribution in [0.4, 0.5) is 5.82 Å². The fourth-order valence-electron chi connectivity index (χ4n) is 1.56. The predicted molar refractivity (Wildman–Crippen MR) is 60.4 cm³/mol. The number of piperazine rings is 1. The number of rotatable bonds is 2. The molecule has 1 aliphatic rings. The topological polar surface area (TPSA) is 105 Å². The quantitative estimate of drug-likeness (QED) is 0.690. The highest BCUT2D eigenvalue weighted by Gasteiger charge is 2.29. The second-order valence-electron chi connectivity index (χ2n) is 3.60. The molecule has 3 N–H and O–H groups in total. The molecule has 92 valence electrons. The molecule has 17 heavy (non-hydrogen) atoms. The van der Waals surface area contributed by atoms with Gasteiger partial charge in [-0.2, -0.15) is 4.31 Å². The first-order valence-electron chi connectivity index (χ1n) is 4.98. The molecule has 1 saturated heterocycles. The van der Waals surface area contributed by atoms with Crippen molar-refractivity contribution in [1.29, 1.82) is 0 Å². The summed E-state index contributed by atoms with van der Waals surface area (Å²) in [4.78, 5) is 14.9. The number of hydrogen-bond donors (Lipinski definition) is 2. The summed E-state index contributed by atoms with van der Waals surface area (Å²) in [5.74, 6) is -0.172. The van der Waals surface area contributed by atoms with Crippen molar-refractivity contribution in [2.24, 2.45) is 0 Å². The van der Waals surface area contributed by atoms with Gasteiger partial charge in [0.25, 0.3) is 0 Å². The second kappa shape index (κ2) is 4.30. The number of pyridine rings is 1. The first kappa shape index (κ1) is 11.8. The standard InChI is InChI=1S/C9H12N4O3S/c10-8-5-7(1-2-11-8)17(15,16)13-4-3-12-9(14)6-13/h1-2,5H,3-4,6H2,(H2,10,11)(H,12,14). The highest BCUT2D eigenvalue weighted by Crippen LogP contribution is 2.17. The number of anilines is 1. The lowest BCUT2D eigenvalue weighted by Crippen LogP contribution is -2.49. The van der Waals surface area contributed by atoms with Crippen LogP contribution in [0.2, 0.25) is 0 Å². The van der Waals surface area contributed by atoms with Gasteiger partial charge in [-0.3, -0.25) is 4.79 Å². The van der Waals surface area contributed by atoms with Gasteiger partial charge in [0.15, 0.2) is 0 Å². The Labute approximate surface area is 98.7 Å². The van der Waals surface area contributed by atoms with Gasteiger partial charge in [-0.1, -0.05) is 0 Å². The van der Waals surface area contributed by atoms with Gasteiger partial charge >= 0.3 is 0 Å². The van der Waals surface area contributed by atoms with Crippen LogP contribution in [0, 0.1) is 0 Å². The van der Waals surface area contributed by atoms with Gasteiger partial charge in [0.1, 0.15) is 5.82 Å². The number of hydrogen-bond acceptors (Lipinski definition) is 5. The largest absolute Gasteiger partial charge is 0.384 e. The van der Waals surface area contributed by atoms with Crippen molar-refractivity contribution in [2.45, 2.75) is 4.90 Å². The van der Waals surface area contributed by atoms with E-state index in [0.717, 1.165) is 4.31 Å². The fraction of sp³-hybridized carbons (Fsp3) is 0.333. The predicted octanol–water partition coefficient (Wildman–Crippen LogP) is -1.22. The van der Waals surface area contributed by atoms with Gasteiger partial charge in [-0.05, 0) is 6.07 Å². The molecule has 1 aromatic heterocycles. The molecule has 0 atom stereocenters. The van der Waals surface area contributed by atoms with Crippen molar-refractivity contribution < 1.29 is 13.2 Å². The number of sulfonamides is 1. The molecule has 1 aromatic rings. The van der Waals surface area contributed by atoms with E-state index in [-0.39, 0.29) is 29.7 Å². The summed E-state index contributed by atoms with van der Waals surface area (Å²) in [6.45, 7) is 0.416. The zero-order valence-electron chi connectivity index (χ0n) is 8.96. The third-order valence-electron chi connectivity index (χ3n) is 2.39. The smallest absolute Gasteiger partial charge is 0.243 e. The zero-order chi connectivity index (χ0) is 12.5. The third kappa shape index (κ3) is 2.37. The summed E-state index contributed by atoms with van der Waals surface area (Å²) >= 11 is 0. The van der Waals surface area contributed by atoms with Gasteiger partial charge < -0.3 is 11.1 Å². The molecule has 2 heterocycles. The Morgan fingerprint density at radius 2 is 2.24 bits per heavy atom. The van der Waals surface area contributed by atoms with Crippen LogP contribution in [-0.4, -0.2) is 43.2 Å². The number of carbonyl (C=O) groups is 1. The van der Waals surface area contributed by atoms with E-state index in [0.29, 0.717) is 6.54 Å². The molecule has 1 aliphatic heterocycles. The van der Waals surface area contributed by atoms with E-state index >= 15 is 0 Å². The molecule has 2 rings (SSSR count). The minimum atomic E-state index is -3.66. The van der Waals surface area contributed by atoms with Crippen LogP contribution in [0.3, 0.4) is 0 Å². The van der Waals surface area contributed by atoms with Crippen molar-refractivity contribution in [3.63, 3.8) is 0 Å². The van der Waals surface area contributed by atoms with E-state index in [1.165, 1.54) is 18.3 Å². The van der Waals surface area contributed by atoms with Crippen LogP contribution in [0.25, 0.3) is 0 Å². The van der Waals surface area contributed by atoms with Gasteiger partial charge in [0.2, 0.25) is 15.9 Å². The van der Waals surface area contributed by atoms with Crippen LogP contribution in [-0.2, 0) is 14.8 Å². The summed E-state index contributed by atoms with van der Waals surface area (Å²) in [7, 11) is -3.66. The van der Waals surface area contributed by atoms with E-state index < -0.39 is 10.0 Å². The first-order chi connectivity index (χ1) is 8.00. The number of carbonyl (C=O) groups excluding carboxylic acids is 1. The maximum atomic E-state index is 12.1. The van der Waals surface area contributed by atoms with E-state index in [1.807, 2.05) is 0 Å². The number of aromatic nitrogens is 1. The number of nitrogens with two attached hydrogens (primary N) is 1. The summed E-state index contributed by atoms with van der Waals surface area (Å²) in [5.41, 5.74) is 5.44. The zero-order valence-corrected chi connectivity index (χ0v) is 9.77. The number of nitrogens with zero attached hydrogens (tertiary/aromatic N) is 2. The lowest BCUT2D eigenvalue weighted by molar-refractivity contribution is -0.122. The van der Waals surface area contributed by atoms with Crippen molar-refractivity contribution >= 4 is 21.7 Å². The van der Waals surface area contributed by atoms with E-state index in [4.69, 9.17) is 5.73 Å². The van der Waals surface area contributed by atoms with Crippen LogP contribution >= 0.6 is 0 Å². The Morgan fingerprint density at radius 1 is 1.47 bits per heavy atom. The van der Waals surface area contributed by atoms with E-state index in [9.17, 15) is 13.2 Å². The summed E-state index contributed by atoms with van der Waals surface area (Å²) in [5, 5.41) is 2.56. The maximum Gasteiger partial charge on any atom is 0.243 e. The monoisotopic (exact) mass is 256 g/mol. The van der Waals surface area contributed by atoms with Crippen molar-refractivity contribution in [3.05, 3.63) is 18.3 Å². The van der Waals surface area contributed by atoms with E-state index in [2.05, 4.69) is 10.3 Å². The summed E-state index contributed by atoms with van der Waals surface area (Å²) in [6.07, 6.45) is 1.33. The van der Waals surface area contributed by atoms with Crippen molar-refractivity contribution in [1.82, 2.24) is 14.6 Å². The third-order valence-corrected chi connectivity index (χ3v) is 4.23. The molecular formula is C9H12N4O3S. The summed E-state index contributed by atoms with van der Waals surface area (Å²) in [6, 6.07) is 2.64. The molecule has 1 amide bonds. The molecule has 8 heteroatoms. The van der Waals surface area contributed by atoms with Gasteiger partial charge in [0, 0.05) is 25.4 Å². The van der Waals surface area contributed by atoms with Crippen molar-refractivity contribution in [3.8, 4) is 0 Å². The van der Waals surface area contributed by atoms with Gasteiger partial charge in [-0.25, -0.2) is 13.4 Å². The molecule has 1 fully saturated rings. The molecule has 0 radical (unpaired) electrons. The maximum absolute atomic E-state index is 12.1. The highest BCUT2D eigenvalue weighted by molar-refractivity contribution is 7.89. The minimum Gasteiger partial charge on any atom is -0.384 e. The Bertz CT molecular complexity index is 543. The van der Waals surface area contributed by atoms with Crippen LogP contribution < -0.4 is 11.1 Å². The molecule has 0 spiro atoms. The van der Waals surface area contributed by atoms with Gasteiger partial charge in [-0.15, -0.1) is 0 Å². The first-order valence-corrected chi connectivity index (χ1v) is 6.42. The highest BCUT2D eigenvalue weighted by atomic mass is 32.2. The lowest BCUT2D eigenvalue weighted by Gasteiger charge is -2.25. The molecule has 0 saturated carbocycles. The summed E-state index contributed by atoms with van der Waals surface area (Å²) < 4.78 is 25.4. The SMILES string of the molecule is Nc1cc(S(=O)(=O)N2CCNC(=O)C2)ccn1. The Hall–Kier alpha value is -1.67. The Balaban J connectivity index is 2.33. The van der Waals surface area contributed by atoms with Gasteiger partial charge in [0.05, 0.1) is 11.4 Å². The molecule has 0 unspecified atom stereocenters. The Morgan fingerprint density at radius 3 is 2.88 bits per heavy atom. The van der Waals surface area contributed by atoms with E-state index in [1.54, 1.807) is 0 Å². The lowest BCUT2D eigenvalue weighted by atomic mass is 10.4. The average Bonchev–Trinajstić information content (AvgIpc) is 2.29. The number of nitrogen functional groups attached to an aromatic ring is 1. The molecule has 0 aliphatic carbocycles. The van der Waals surface area contributed by atoms with Crippen molar-refractivity contribution in [2.75, 3.05) is 25.4 Å². The second-order valence-corrected chi connectivity index (χ2v) is 5.54. The van der Waals surface area contributed by atoms with Crippen LogP contribution in [0.15, 0.2) is 23.2 Å². The Kier molecular flexibility index (Phi) is 2.99. The van der Waals surface area contributed by atoms with Crippen LogP contribution in [0.1, 0.15) is 0 Å². The molecule has 0 bridgehead atoms. The number of amides is 1.